The van der Waals surface area contributed by atoms with Crippen molar-refractivity contribution in [2.45, 2.75) is 32.7 Å². The lowest BCUT2D eigenvalue weighted by atomic mass is 10.0. The molecule has 0 amide bonds. The molecule has 0 fully saturated rings. The third-order valence-corrected chi connectivity index (χ3v) is 3.46. The molecule has 17 heavy (non-hydrogen) atoms. The van der Waals surface area contributed by atoms with Crippen molar-refractivity contribution in [3.05, 3.63) is 33.1 Å². The quantitative estimate of drug-likeness (QED) is 0.631. The Hall–Kier alpha value is -0.600. The minimum atomic E-state index is -0.179. The van der Waals surface area contributed by atoms with Gasteiger partial charge in [-0.15, -0.1) is 11.8 Å². The topological polar surface area (TPSA) is 12.0 Å². The molecule has 1 aromatic carbocycles. The molecule has 0 spiro atoms. The van der Waals surface area contributed by atoms with E-state index in [0.29, 0.717) is 0 Å². The van der Waals surface area contributed by atoms with Crippen LogP contribution in [0.3, 0.4) is 0 Å². The van der Waals surface area contributed by atoms with Crippen molar-refractivity contribution >= 4 is 22.6 Å². The van der Waals surface area contributed by atoms with Gasteiger partial charge in [0.05, 0.1) is 0 Å². The van der Waals surface area contributed by atoms with Crippen LogP contribution in [0.25, 0.3) is 0 Å². The van der Waals surface area contributed by atoms with Crippen molar-refractivity contribution in [1.29, 1.82) is 0 Å². The standard InChI is InChI=1S/C14H17FIN/c1-3-5-6-7-14(17-4-2)12-9-8-11(15)10-13(12)16/h8-10,14,17H,4,6-7H2,1-2H3. The number of hydrogen-bond donors (Lipinski definition) is 1. The van der Waals surface area contributed by atoms with E-state index in [1.54, 1.807) is 6.07 Å². The molecule has 1 aromatic rings. The van der Waals surface area contributed by atoms with Gasteiger partial charge in [0.1, 0.15) is 5.82 Å². The lowest BCUT2D eigenvalue weighted by Crippen LogP contribution is -2.21. The van der Waals surface area contributed by atoms with Gasteiger partial charge in [-0.2, -0.15) is 0 Å². The Bertz CT molecular complexity index is 420. The van der Waals surface area contributed by atoms with E-state index in [0.717, 1.165) is 28.5 Å². The molecule has 0 aliphatic heterocycles. The van der Waals surface area contributed by atoms with E-state index in [2.05, 4.69) is 46.7 Å². The van der Waals surface area contributed by atoms with Crippen LogP contribution in [0, 0.1) is 21.2 Å². The summed E-state index contributed by atoms with van der Waals surface area (Å²) in [6, 6.07) is 5.22. The van der Waals surface area contributed by atoms with Crippen LogP contribution < -0.4 is 5.32 Å². The van der Waals surface area contributed by atoms with Crippen LogP contribution in [0.5, 0.6) is 0 Å². The van der Waals surface area contributed by atoms with Crippen molar-refractivity contribution in [2.75, 3.05) is 6.54 Å². The maximum atomic E-state index is 13.1. The molecule has 0 aromatic heterocycles. The Balaban J connectivity index is 2.83. The van der Waals surface area contributed by atoms with Crippen molar-refractivity contribution in [3.8, 4) is 11.8 Å². The molecule has 0 heterocycles. The number of halogens is 2. The highest BCUT2D eigenvalue weighted by atomic mass is 127. The number of rotatable bonds is 5. The summed E-state index contributed by atoms with van der Waals surface area (Å²) in [5.41, 5.74) is 1.16. The number of hydrogen-bond acceptors (Lipinski definition) is 1. The molecule has 1 rings (SSSR count). The molecule has 1 atom stereocenters. The van der Waals surface area contributed by atoms with Crippen molar-refractivity contribution in [3.63, 3.8) is 0 Å². The third kappa shape index (κ3) is 4.64. The van der Waals surface area contributed by atoms with Gasteiger partial charge < -0.3 is 5.32 Å². The molecule has 0 saturated heterocycles. The number of nitrogens with one attached hydrogen (secondary N) is 1. The first-order chi connectivity index (χ1) is 8.19. The van der Waals surface area contributed by atoms with Gasteiger partial charge in [0.15, 0.2) is 0 Å². The fourth-order valence-corrected chi connectivity index (χ4v) is 2.59. The molecule has 0 aliphatic rings. The Labute approximate surface area is 116 Å². The highest BCUT2D eigenvalue weighted by Crippen LogP contribution is 2.24. The normalized spacial score (nSPS) is 11.8. The van der Waals surface area contributed by atoms with Gasteiger partial charge in [0, 0.05) is 16.0 Å². The van der Waals surface area contributed by atoms with Crippen molar-refractivity contribution < 1.29 is 4.39 Å². The molecule has 1 unspecified atom stereocenters. The van der Waals surface area contributed by atoms with E-state index in [-0.39, 0.29) is 11.9 Å². The fraction of sp³-hybridized carbons (Fsp3) is 0.429. The first-order valence-electron chi connectivity index (χ1n) is 5.77. The third-order valence-electron chi connectivity index (χ3n) is 2.52. The summed E-state index contributed by atoms with van der Waals surface area (Å²) in [6.07, 6.45) is 1.82. The van der Waals surface area contributed by atoms with E-state index in [9.17, 15) is 4.39 Å². The van der Waals surface area contributed by atoms with Gasteiger partial charge in [-0.05, 0) is 60.2 Å². The average molecular weight is 345 g/mol. The lowest BCUT2D eigenvalue weighted by molar-refractivity contribution is 0.518. The summed E-state index contributed by atoms with van der Waals surface area (Å²) in [5, 5.41) is 3.42. The average Bonchev–Trinajstić information content (AvgIpc) is 2.28. The maximum Gasteiger partial charge on any atom is 0.124 e. The Morgan fingerprint density at radius 2 is 2.24 bits per heavy atom. The summed E-state index contributed by atoms with van der Waals surface area (Å²) in [7, 11) is 0. The second-order valence-electron chi connectivity index (χ2n) is 3.74. The second-order valence-corrected chi connectivity index (χ2v) is 4.90. The van der Waals surface area contributed by atoms with Gasteiger partial charge in [-0.1, -0.05) is 13.0 Å². The second kappa shape index (κ2) is 7.67. The zero-order chi connectivity index (χ0) is 12.7. The zero-order valence-corrected chi connectivity index (χ0v) is 12.3. The van der Waals surface area contributed by atoms with Crippen LogP contribution in [0.15, 0.2) is 18.2 Å². The minimum Gasteiger partial charge on any atom is -0.310 e. The molecule has 0 bridgehead atoms. The van der Waals surface area contributed by atoms with Gasteiger partial charge in [-0.25, -0.2) is 4.39 Å². The Kier molecular flexibility index (Phi) is 6.53. The minimum absolute atomic E-state index is 0.179. The highest BCUT2D eigenvalue weighted by Gasteiger charge is 2.13. The molecule has 0 aliphatic carbocycles. The van der Waals surface area contributed by atoms with Crippen LogP contribution >= 0.6 is 22.6 Å². The molecule has 0 saturated carbocycles. The van der Waals surface area contributed by atoms with Crippen LogP contribution in [-0.4, -0.2) is 6.54 Å². The summed E-state index contributed by atoms with van der Waals surface area (Å²) >= 11 is 2.19. The maximum absolute atomic E-state index is 13.1. The Morgan fingerprint density at radius 1 is 1.47 bits per heavy atom. The fourth-order valence-electron chi connectivity index (χ4n) is 1.74. The van der Waals surface area contributed by atoms with E-state index >= 15 is 0 Å². The Morgan fingerprint density at radius 3 is 2.82 bits per heavy atom. The molecular formula is C14H17FIN. The van der Waals surface area contributed by atoms with Crippen LogP contribution in [0.4, 0.5) is 4.39 Å². The van der Waals surface area contributed by atoms with E-state index in [4.69, 9.17) is 0 Å². The van der Waals surface area contributed by atoms with Crippen LogP contribution in [0.2, 0.25) is 0 Å². The highest BCUT2D eigenvalue weighted by molar-refractivity contribution is 14.1. The van der Waals surface area contributed by atoms with Gasteiger partial charge in [0.25, 0.3) is 0 Å². The number of benzene rings is 1. The molecule has 92 valence electrons. The van der Waals surface area contributed by atoms with Crippen molar-refractivity contribution in [2.24, 2.45) is 0 Å². The smallest absolute Gasteiger partial charge is 0.124 e. The molecule has 0 radical (unpaired) electrons. The SMILES string of the molecule is CC#CCCC(NCC)c1ccc(F)cc1I. The van der Waals surface area contributed by atoms with Gasteiger partial charge in [0.2, 0.25) is 0 Å². The molecule has 1 nitrogen and oxygen atoms in total. The molecule has 3 heteroatoms. The molecular weight excluding hydrogens is 328 g/mol. The first-order valence-corrected chi connectivity index (χ1v) is 6.84. The summed E-state index contributed by atoms with van der Waals surface area (Å²) in [4.78, 5) is 0. The summed E-state index contributed by atoms with van der Waals surface area (Å²) in [6.45, 7) is 4.83. The zero-order valence-electron chi connectivity index (χ0n) is 10.2. The van der Waals surface area contributed by atoms with E-state index in [1.165, 1.54) is 6.07 Å². The first kappa shape index (κ1) is 14.5. The van der Waals surface area contributed by atoms with Crippen LogP contribution in [-0.2, 0) is 0 Å². The predicted molar refractivity (Wildman–Crippen MR) is 78.2 cm³/mol. The van der Waals surface area contributed by atoms with Gasteiger partial charge in [-0.3, -0.25) is 0 Å². The van der Waals surface area contributed by atoms with Gasteiger partial charge >= 0.3 is 0 Å². The molecule has 1 N–H and O–H groups in total. The van der Waals surface area contributed by atoms with Crippen LogP contribution in [0.1, 0.15) is 38.3 Å². The van der Waals surface area contributed by atoms with E-state index in [1.807, 2.05) is 13.0 Å². The van der Waals surface area contributed by atoms with E-state index < -0.39 is 0 Å². The summed E-state index contributed by atoms with van der Waals surface area (Å²) < 4.78 is 14.0. The lowest BCUT2D eigenvalue weighted by Gasteiger charge is -2.18. The monoisotopic (exact) mass is 345 g/mol. The predicted octanol–water partition coefficient (Wildman–Crippen LogP) is 3.88. The summed E-state index contributed by atoms with van der Waals surface area (Å²) in [5.74, 6) is 5.79. The van der Waals surface area contributed by atoms with Crippen molar-refractivity contribution in [1.82, 2.24) is 5.32 Å². The largest absolute Gasteiger partial charge is 0.310 e.